The third-order valence-corrected chi connectivity index (χ3v) is 5.88. The second-order valence-corrected chi connectivity index (χ2v) is 7.86. The number of H-pyrrole nitrogens is 1. The van der Waals surface area contributed by atoms with Crippen molar-refractivity contribution in [3.63, 3.8) is 0 Å². The first-order valence-corrected chi connectivity index (χ1v) is 9.59. The maximum Gasteiger partial charge on any atom is 0.264 e. The molecule has 0 unspecified atom stereocenters. The zero-order valence-corrected chi connectivity index (χ0v) is 15.6. The molecule has 134 valence electrons. The van der Waals surface area contributed by atoms with Gasteiger partial charge in [-0.25, -0.2) is 13.5 Å². The van der Waals surface area contributed by atoms with Crippen molar-refractivity contribution < 1.29 is 8.42 Å². The molecule has 3 rings (SSSR count). The average Bonchev–Trinajstić information content (AvgIpc) is 2.60. The highest BCUT2D eigenvalue weighted by atomic mass is 35.5. The lowest BCUT2D eigenvalue weighted by Gasteiger charge is -2.14. The molecule has 6 nitrogen and oxygen atoms in total. The van der Waals surface area contributed by atoms with E-state index < -0.39 is 10.0 Å². The average molecular weight is 390 g/mol. The second-order valence-electron chi connectivity index (χ2n) is 5.80. The van der Waals surface area contributed by atoms with Gasteiger partial charge in [-0.15, -0.1) is 0 Å². The molecule has 0 fully saturated rings. The molecule has 0 bridgehead atoms. The van der Waals surface area contributed by atoms with E-state index >= 15 is 0 Å². The molecule has 8 heteroatoms. The number of halogens is 1. The van der Waals surface area contributed by atoms with E-state index in [1.54, 1.807) is 44.2 Å². The van der Waals surface area contributed by atoms with E-state index in [1.807, 2.05) is 0 Å². The summed E-state index contributed by atoms with van der Waals surface area (Å²) in [4.78, 5) is 11.3. The summed E-state index contributed by atoms with van der Waals surface area (Å²) in [6, 6.07) is 12.9. The van der Waals surface area contributed by atoms with Gasteiger partial charge in [-0.1, -0.05) is 29.8 Å². The van der Waals surface area contributed by atoms with Gasteiger partial charge in [0.2, 0.25) is 0 Å². The van der Waals surface area contributed by atoms with Crippen LogP contribution in [0.4, 0.5) is 5.69 Å². The molecule has 3 aromatic rings. The Labute approximate surface area is 155 Å². The topological polar surface area (TPSA) is 91.9 Å². The van der Waals surface area contributed by atoms with E-state index in [0.29, 0.717) is 33.1 Å². The molecular weight excluding hydrogens is 374 g/mol. The largest absolute Gasteiger partial charge is 0.279 e. The number of hydrogen-bond donors (Lipinski definition) is 2. The molecule has 26 heavy (non-hydrogen) atoms. The summed E-state index contributed by atoms with van der Waals surface area (Å²) in [5.74, 6) is 0. The minimum Gasteiger partial charge on any atom is -0.279 e. The van der Waals surface area contributed by atoms with Crippen molar-refractivity contribution in [2.75, 3.05) is 4.72 Å². The highest BCUT2D eigenvalue weighted by Crippen LogP contribution is 2.28. The first kappa shape index (κ1) is 18.2. The Balaban J connectivity index is 2.04. The van der Waals surface area contributed by atoms with Crippen LogP contribution in [0, 0.1) is 13.8 Å². The van der Waals surface area contributed by atoms with Crippen LogP contribution in [0.1, 0.15) is 11.1 Å². The van der Waals surface area contributed by atoms with Gasteiger partial charge in [0.15, 0.2) is 0 Å². The van der Waals surface area contributed by atoms with Crippen LogP contribution in [0.5, 0.6) is 0 Å². The van der Waals surface area contributed by atoms with Crippen LogP contribution in [-0.2, 0) is 10.0 Å². The van der Waals surface area contributed by atoms with Crippen LogP contribution in [-0.4, -0.2) is 18.6 Å². The Morgan fingerprint density at radius 3 is 2.54 bits per heavy atom. The Bertz CT molecular complexity index is 1120. The van der Waals surface area contributed by atoms with Crippen LogP contribution in [0.15, 0.2) is 58.2 Å². The van der Waals surface area contributed by atoms with Gasteiger partial charge in [0.25, 0.3) is 15.6 Å². The smallest absolute Gasteiger partial charge is 0.264 e. The van der Waals surface area contributed by atoms with Crippen LogP contribution in [0.2, 0.25) is 5.02 Å². The van der Waals surface area contributed by atoms with Gasteiger partial charge in [-0.2, -0.15) is 5.10 Å². The number of aryl methyl sites for hydroxylation is 1. The molecule has 0 atom stereocenters. The van der Waals surface area contributed by atoms with E-state index in [2.05, 4.69) is 14.9 Å². The fourth-order valence-electron chi connectivity index (χ4n) is 2.47. The second kappa shape index (κ2) is 6.93. The van der Waals surface area contributed by atoms with Crippen molar-refractivity contribution in [1.82, 2.24) is 10.2 Å². The van der Waals surface area contributed by atoms with Crippen molar-refractivity contribution in [2.24, 2.45) is 0 Å². The monoisotopic (exact) mass is 389 g/mol. The number of nitrogens with one attached hydrogen (secondary N) is 2. The van der Waals surface area contributed by atoms with Crippen LogP contribution >= 0.6 is 11.6 Å². The molecule has 0 radical (unpaired) electrons. The van der Waals surface area contributed by atoms with Gasteiger partial charge in [-0.3, -0.25) is 9.52 Å². The lowest BCUT2D eigenvalue weighted by atomic mass is 10.1. The molecule has 0 aliphatic rings. The van der Waals surface area contributed by atoms with Gasteiger partial charge in [0.05, 0.1) is 16.3 Å². The minimum absolute atomic E-state index is 0.127. The van der Waals surface area contributed by atoms with E-state index in [4.69, 9.17) is 11.6 Å². The lowest BCUT2D eigenvalue weighted by Crippen LogP contribution is -2.15. The van der Waals surface area contributed by atoms with E-state index in [0.717, 1.165) is 0 Å². The Morgan fingerprint density at radius 2 is 1.85 bits per heavy atom. The van der Waals surface area contributed by atoms with Gasteiger partial charge in [0, 0.05) is 16.7 Å². The normalized spacial score (nSPS) is 11.3. The SMILES string of the molecule is Cc1ccc(-c2ccc(=O)[nH]n2)cc1S(=O)(=O)Nc1cccc(Cl)c1C. The molecule has 2 N–H and O–H groups in total. The zero-order valence-electron chi connectivity index (χ0n) is 14.1. The molecular formula is C18H16ClN3O3S. The summed E-state index contributed by atoms with van der Waals surface area (Å²) in [5.41, 5.74) is 2.38. The zero-order chi connectivity index (χ0) is 18.9. The molecule has 2 aromatic carbocycles. The number of nitrogens with zero attached hydrogens (tertiary/aromatic N) is 1. The quantitative estimate of drug-likeness (QED) is 0.714. The molecule has 0 saturated heterocycles. The van der Waals surface area contributed by atoms with Crippen molar-refractivity contribution in [1.29, 1.82) is 0 Å². The highest BCUT2D eigenvalue weighted by Gasteiger charge is 2.19. The first-order chi connectivity index (χ1) is 12.3. The van der Waals surface area contributed by atoms with Crippen molar-refractivity contribution in [2.45, 2.75) is 18.7 Å². The summed E-state index contributed by atoms with van der Waals surface area (Å²) in [6.45, 7) is 3.46. The fourth-order valence-corrected chi connectivity index (χ4v) is 4.04. The third kappa shape index (κ3) is 3.63. The highest BCUT2D eigenvalue weighted by molar-refractivity contribution is 7.92. The number of rotatable bonds is 4. The molecule has 0 aliphatic heterocycles. The summed E-state index contributed by atoms with van der Waals surface area (Å²) < 4.78 is 28.4. The van der Waals surface area contributed by atoms with Gasteiger partial charge >= 0.3 is 0 Å². The van der Waals surface area contributed by atoms with E-state index in [-0.39, 0.29) is 10.5 Å². The summed E-state index contributed by atoms with van der Waals surface area (Å²) in [7, 11) is -3.83. The molecule has 0 amide bonds. The number of anilines is 1. The number of benzene rings is 2. The lowest BCUT2D eigenvalue weighted by molar-refractivity contribution is 0.600. The number of sulfonamides is 1. The van der Waals surface area contributed by atoms with E-state index in [9.17, 15) is 13.2 Å². The van der Waals surface area contributed by atoms with Gasteiger partial charge in [0.1, 0.15) is 0 Å². The fraction of sp³-hybridized carbons (Fsp3) is 0.111. The number of hydrogen-bond acceptors (Lipinski definition) is 4. The summed E-state index contributed by atoms with van der Waals surface area (Å²) >= 11 is 6.07. The Hall–Kier alpha value is -2.64. The predicted molar refractivity (Wildman–Crippen MR) is 102 cm³/mol. The van der Waals surface area contributed by atoms with Crippen molar-refractivity contribution in [3.05, 3.63) is 75.0 Å². The molecule has 0 saturated carbocycles. The van der Waals surface area contributed by atoms with Crippen molar-refractivity contribution in [3.8, 4) is 11.3 Å². The molecule has 1 aromatic heterocycles. The molecule has 0 spiro atoms. The Morgan fingerprint density at radius 1 is 1.08 bits per heavy atom. The van der Waals surface area contributed by atoms with Crippen LogP contribution in [0.25, 0.3) is 11.3 Å². The van der Waals surface area contributed by atoms with E-state index in [1.165, 1.54) is 18.2 Å². The Kier molecular flexibility index (Phi) is 4.84. The number of aromatic nitrogens is 2. The minimum atomic E-state index is -3.83. The summed E-state index contributed by atoms with van der Waals surface area (Å²) in [5, 5.41) is 6.76. The van der Waals surface area contributed by atoms with Crippen LogP contribution in [0.3, 0.4) is 0 Å². The molecule has 0 aliphatic carbocycles. The van der Waals surface area contributed by atoms with Gasteiger partial charge < -0.3 is 0 Å². The van der Waals surface area contributed by atoms with Gasteiger partial charge in [-0.05, 0) is 49.2 Å². The molecule has 1 heterocycles. The first-order valence-electron chi connectivity index (χ1n) is 7.72. The maximum atomic E-state index is 12.9. The summed E-state index contributed by atoms with van der Waals surface area (Å²) in [6.07, 6.45) is 0. The predicted octanol–water partition coefficient (Wildman–Crippen LogP) is 3.51. The van der Waals surface area contributed by atoms with Crippen molar-refractivity contribution >= 4 is 27.3 Å². The third-order valence-electron chi connectivity index (χ3n) is 3.96. The van der Waals surface area contributed by atoms with Crippen LogP contribution < -0.4 is 10.3 Å². The maximum absolute atomic E-state index is 12.9. The standard InChI is InChI=1S/C18H16ClN3O3S/c1-11-6-7-13(16-8-9-18(23)21-20-16)10-17(11)26(24,25)22-15-5-3-4-14(19)12(15)2/h3-10,22H,1-2H3,(H,21,23). The number of aromatic amines is 1.